The molecule has 3 nitrogen and oxygen atoms in total. The van der Waals surface area contributed by atoms with E-state index < -0.39 is 0 Å². The summed E-state index contributed by atoms with van der Waals surface area (Å²) in [5.74, 6) is 0. The minimum Gasteiger partial charge on any atom is -0.311 e. The standard InChI is InChI=1S/C10H19N3/c1-3-4-5-6-11-8-10-7-9(2)12-13-10/h7,11H,3-6,8H2,1-2H3,(H,12,13). The molecule has 0 unspecified atom stereocenters. The number of aromatic amines is 1. The van der Waals surface area contributed by atoms with Crippen LogP contribution in [0.2, 0.25) is 0 Å². The molecule has 0 radical (unpaired) electrons. The van der Waals surface area contributed by atoms with Gasteiger partial charge in [-0.25, -0.2) is 0 Å². The molecule has 3 heteroatoms. The lowest BCUT2D eigenvalue weighted by Gasteiger charge is -2.00. The van der Waals surface area contributed by atoms with E-state index in [2.05, 4.69) is 28.5 Å². The first-order valence-electron chi connectivity index (χ1n) is 5.04. The van der Waals surface area contributed by atoms with E-state index in [1.807, 2.05) is 6.92 Å². The van der Waals surface area contributed by atoms with Gasteiger partial charge < -0.3 is 5.32 Å². The summed E-state index contributed by atoms with van der Waals surface area (Å²) in [5.41, 5.74) is 2.24. The van der Waals surface area contributed by atoms with Gasteiger partial charge in [-0.05, 0) is 26.0 Å². The van der Waals surface area contributed by atoms with Gasteiger partial charge in [-0.2, -0.15) is 5.10 Å². The molecule has 0 spiro atoms. The molecule has 0 aliphatic carbocycles. The summed E-state index contributed by atoms with van der Waals surface area (Å²) in [4.78, 5) is 0. The van der Waals surface area contributed by atoms with E-state index in [1.54, 1.807) is 0 Å². The predicted molar refractivity (Wildman–Crippen MR) is 54.6 cm³/mol. The van der Waals surface area contributed by atoms with Gasteiger partial charge in [-0.15, -0.1) is 0 Å². The van der Waals surface area contributed by atoms with Crippen molar-refractivity contribution in [1.82, 2.24) is 15.5 Å². The Morgan fingerprint density at radius 3 is 2.92 bits per heavy atom. The molecule has 0 atom stereocenters. The molecule has 74 valence electrons. The highest BCUT2D eigenvalue weighted by Crippen LogP contribution is 1.97. The van der Waals surface area contributed by atoms with Crippen molar-refractivity contribution in [3.63, 3.8) is 0 Å². The molecular weight excluding hydrogens is 162 g/mol. The van der Waals surface area contributed by atoms with Gasteiger partial charge >= 0.3 is 0 Å². The Morgan fingerprint density at radius 1 is 1.46 bits per heavy atom. The lowest BCUT2D eigenvalue weighted by molar-refractivity contribution is 0.610. The third-order valence-electron chi connectivity index (χ3n) is 2.02. The second-order valence-corrected chi connectivity index (χ2v) is 3.43. The number of unbranched alkanes of at least 4 members (excludes halogenated alkanes) is 2. The lowest BCUT2D eigenvalue weighted by Crippen LogP contribution is -2.14. The molecule has 0 saturated carbocycles. The smallest absolute Gasteiger partial charge is 0.0762 e. The van der Waals surface area contributed by atoms with Crippen molar-refractivity contribution in [3.8, 4) is 0 Å². The minimum atomic E-state index is 0.883. The third kappa shape index (κ3) is 4.08. The Labute approximate surface area is 79.9 Å². The Hall–Kier alpha value is -0.830. The summed E-state index contributed by atoms with van der Waals surface area (Å²) in [6.07, 6.45) is 3.86. The minimum absolute atomic E-state index is 0.883. The van der Waals surface area contributed by atoms with Crippen molar-refractivity contribution in [2.24, 2.45) is 0 Å². The fourth-order valence-electron chi connectivity index (χ4n) is 1.28. The fraction of sp³-hybridized carbons (Fsp3) is 0.700. The maximum absolute atomic E-state index is 4.15. The van der Waals surface area contributed by atoms with Crippen LogP contribution in [0.3, 0.4) is 0 Å². The second-order valence-electron chi connectivity index (χ2n) is 3.43. The SMILES string of the molecule is CCCCCNCc1cc(C)[nH]n1. The Bertz CT molecular complexity index is 230. The zero-order valence-corrected chi connectivity index (χ0v) is 8.56. The highest BCUT2D eigenvalue weighted by atomic mass is 15.1. The molecule has 0 fully saturated rings. The van der Waals surface area contributed by atoms with Crippen molar-refractivity contribution < 1.29 is 0 Å². The summed E-state index contributed by atoms with van der Waals surface area (Å²) >= 11 is 0. The van der Waals surface area contributed by atoms with Gasteiger partial charge in [-0.3, -0.25) is 5.10 Å². The predicted octanol–water partition coefficient (Wildman–Crippen LogP) is 2.00. The molecule has 1 aromatic heterocycles. The zero-order chi connectivity index (χ0) is 9.52. The van der Waals surface area contributed by atoms with Crippen LogP contribution in [0.1, 0.15) is 37.6 Å². The van der Waals surface area contributed by atoms with Crippen LogP contribution in [0.15, 0.2) is 6.07 Å². The second kappa shape index (κ2) is 5.75. The molecule has 0 aliphatic rings. The van der Waals surface area contributed by atoms with Crippen LogP contribution in [-0.4, -0.2) is 16.7 Å². The molecule has 0 amide bonds. The molecule has 2 N–H and O–H groups in total. The van der Waals surface area contributed by atoms with Crippen molar-refractivity contribution in [2.75, 3.05) is 6.54 Å². The number of hydrogen-bond donors (Lipinski definition) is 2. The molecule has 13 heavy (non-hydrogen) atoms. The van der Waals surface area contributed by atoms with E-state index in [1.165, 1.54) is 19.3 Å². The number of aromatic nitrogens is 2. The summed E-state index contributed by atoms with van der Waals surface area (Å²) in [7, 11) is 0. The normalized spacial score (nSPS) is 10.6. The van der Waals surface area contributed by atoms with Gasteiger partial charge in [0.2, 0.25) is 0 Å². The van der Waals surface area contributed by atoms with Crippen molar-refractivity contribution in [2.45, 2.75) is 39.7 Å². The first-order chi connectivity index (χ1) is 6.33. The number of hydrogen-bond acceptors (Lipinski definition) is 2. The molecule has 0 bridgehead atoms. The van der Waals surface area contributed by atoms with Crippen LogP contribution in [0.5, 0.6) is 0 Å². The molecule has 1 rings (SSSR count). The monoisotopic (exact) mass is 181 g/mol. The Kier molecular flexibility index (Phi) is 4.54. The van der Waals surface area contributed by atoms with E-state index in [4.69, 9.17) is 0 Å². The zero-order valence-electron chi connectivity index (χ0n) is 8.56. The van der Waals surface area contributed by atoms with Crippen molar-refractivity contribution >= 4 is 0 Å². The number of nitrogens with zero attached hydrogens (tertiary/aromatic N) is 1. The Morgan fingerprint density at radius 2 is 2.31 bits per heavy atom. The van der Waals surface area contributed by atoms with Crippen LogP contribution < -0.4 is 5.32 Å². The summed E-state index contributed by atoms with van der Waals surface area (Å²) in [6, 6.07) is 2.08. The quantitative estimate of drug-likeness (QED) is 0.659. The van der Waals surface area contributed by atoms with Gasteiger partial charge in [-0.1, -0.05) is 19.8 Å². The average molecular weight is 181 g/mol. The van der Waals surface area contributed by atoms with Gasteiger partial charge in [0.05, 0.1) is 5.69 Å². The number of H-pyrrole nitrogens is 1. The van der Waals surface area contributed by atoms with E-state index >= 15 is 0 Å². The average Bonchev–Trinajstić information content (AvgIpc) is 2.51. The maximum atomic E-state index is 4.15. The van der Waals surface area contributed by atoms with Crippen LogP contribution in [-0.2, 0) is 6.54 Å². The van der Waals surface area contributed by atoms with Crippen LogP contribution in [0.4, 0.5) is 0 Å². The van der Waals surface area contributed by atoms with Crippen LogP contribution >= 0.6 is 0 Å². The molecular formula is C10H19N3. The Balaban J connectivity index is 2.06. The molecule has 1 aromatic rings. The molecule has 1 heterocycles. The highest BCUT2D eigenvalue weighted by Gasteiger charge is 1.95. The maximum Gasteiger partial charge on any atom is 0.0762 e. The number of aryl methyl sites for hydroxylation is 1. The fourth-order valence-corrected chi connectivity index (χ4v) is 1.28. The first-order valence-corrected chi connectivity index (χ1v) is 5.04. The molecule has 0 saturated heterocycles. The van der Waals surface area contributed by atoms with E-state index in [-0.39, 0.29) is 0 Å². The summed E-state index contributed by atoms with van der Waals surface area (Å²) in [6.45, 7) is 6.22. The third-order valence-corrected chi connectivity index (χ3v) is 2.02. The number of nitrogens with one attached hydrogen (secondary N) is 2. The van der Waals surface area contributed by atoms with Crippen molar-refractivity contribution in [1.29, 1.82) is 0 Å². The van der Waals surface area contributed by atoms with E-state index in [9.17, 15) is 0 Å². The van der Waals surface area contributed by atoms with Gasteiger partial charge in [0.15, 0.2) is 0 Å². The van der Waals surface area contributed by atoms with Crippen LogP contribution in [0, 0.1) is 6.92 Å². The lowest BCUT2D eigenvalue weighted by atomic mass is 10.2. The highest BCUT2D eigenvalue weighted by molar-refractivity contribution is 5.05. The summed E-state index contributed by atoms with van der Waals surface area (Å²) in [5, 5.41) is 10.4. The largest absolute Gasteiger partial charge is 0.311 e. The molecule has 0 aliphatic heterocycles. The first kappa shape index (κ1) is 10.3. The van der Waals surface area contributed by atoms with Gasteiger partial charge in [0, 0.05) is 12.2 Å². The van der Waals surface area contributed by atoms with Gasteiger partial charge in [0.1, 0.15) is 0 Å². The topological polar surface area (TPSA) is 40.7 Å². The van der Waals surface area contributed by atoms with Gasteiger partial charge in [0.25, 0.3) is 0 Å². The summed E-state index contributed by atoms with van der Waals surface area (Å²) < 4.78 is 0. The van der Waals surface area contributed by atoms with E-state index in [0.29, 0.717) is 0 Å². The van der Waals surface area contributed by atoms with E-state index in [0.717, 1.165) is 24.5 Å². The van der Waals surface area contributed by atoms with Crippen LogP contribution in [0.25, 0.3) is 0 Å². The van der Waals surface area contributed by atoms with Crippen molar-refractivity contribution in [3.05, 3.63) is 17.5 Å². The molecule has 0 aromatic carbocycles. The number of rotatable bonds is 6.